The summed E-state index contributed by atoms with van der Waals surface area (Å²) in [6.07, 6.45) is 0. The van der Waals surface area contributed by atoms with Crippen LogP contribution < -0.4 is 0 Å². The number of rotatable bonds is 3. The van der Waals surface area contributed by atoms with E-state index in [0.29, 0.717) is 5.95 Å². The second-order valence-corrected chi connectivity index (χ2v) is 13.7. The van der Waals surface area contributed by atoms with E-state index in [1.165, 1.54) is 71.3 Å². The highest BCUT2D eigenvalue weighted by Crippen LogP contribution is 2.53. The highest BCUT2D eigenvalue weighted by molar-refractivity contribution is 6.27. The van der Waals surface area contributed by atoms with Crippen molar-refractivity contribution in [1.82, 2.24) is 14.5 Å². The SMILES string of the molecule is c1ccc(-c2cc3c4c5c(cccc5n(-c5nc(-c6ccccc6)c6c(n5)-c5cccc7cccc-6c57)c4c2)-c2cccc4cccc-3c24)cc1. The normalized spacial score (nSPS) is 12.3. The fraction of sp³-hybridized carbons (Fsp3) is 0. The van der Waals surface area contributed by atoms with Gasteiger partial charge in [-0.05, 0) is 78.7 Å². The maximum absolute atomic E-state index is 5.57. The van der Waals surface area contributed by atoms with Crippen molar-refractivity contribution in [1.29, 1.82) is 0 Å². The Morgan fingerprint density at radius 1 is 0.333 bits per heavy atom. The molecule has 0 fully saturated rings. The van der Waals surface area contributed by atoms with Crippen molar-refractivity contribution in [2.75, 3.05) is 0 Å². The average molecular weight is 646 g/mol. The lowest BCUT2D eigenvalue weighted by atomic mass is 9.92. The monoisotopic (exact) mass is 645 g/mol. The second-order valence-electron chi connectivity index (χ2n) is 13.7. The maximum Gasteiger partial charge on any atom is 0.235 e. The molecule has 10 aromatic rings. The zero-order valence-corrected chi connectivity index (χ0v) is 27.4. The van der Waals surface area contributed by atoms with Gasteiger partial charge in [0.1, 0.15) is 0 Å². The first-order chi connectivity index (χ1) is 25.3. The van der Waals surface area contributed by atoms with E-state index < -0.39 is 0 Å². The summed E-state index contributed by atoms with van der Waals surface area (Å²) in [5, 5.41) is 7.49. The van der Waals surface area contributed by atoms with Crippen molar-refractivity contribution in [3.05, 3.63) is 164 Å². The molecule has 0 aliphatic heterocycles. The van der Waals surface area contributed by atoms with Crippen LogP contribution >= 0.6 is 0 Å². The molecular formula is C48H27N3. The van der Waals surface area contributed by atoms with Crippen molar-refractivity contribution in [2.45, 2.75) is 0 Å². The van der Waals surface area contributed by atoms with Crippen LogP contribution in [0.2, 0.25) is 0 Å². The van der Waals surface area contributed by atoms with Crippen molar-refractivity contribution >= 4 is 43.4 Å². The van der Waals surface area contributed by atoms with E-state index in [2.05, 4.69) is 168 Å². The van der Waals surface area contributed by atoms with Crippen LogP contribution in [0.15, 0.2) is 164 Å². The Morgan fingerprint density at radius 3 is 1.57 bits per heavy atom. The van der Waals surface area contributed by atoms with Crippen LogP contribution in [0.25, 0.3) is 116 Å². The van der Waals surface area contributed by atoms with Crippen LogP contribution in [0, 0.1) is 0 Å². The van der Waals surface area contributed by atoms with Crippen LogP contribution in [-0.2, 0) is 0 Å². The van der Waals surface area contributed by atoms with Crippen molar-refractivity contribution in [3.63, 3.8) is 0 Å². The van der Waals surface area contributed by atoms with Gasteiger partial charge in [-0.15, -0.1) is 0 Å². The van der Waals surface area contributed by atoms with Gasteiger partial charge in [0.25, 0.3) is 0 Å². The molecular weight excluding hydrogens is 619 g/mol. The minimum atomic E-state index is 0.679. The molecule has 0 bridgehead atoms. The number of fused-ring (bicyclic) bond motifs is 5. The molecule has 2 aliphatic carbocycles. The maximum atomic E-state index is 5.57. The van der Waals surface area contributed by atoms with Crippen molar-refractivity contribution < 1.29 is 0 Å². The summed E-state index contributed by atoms with van der Waals surface area (Å²) in [5.41, 5.74) is 16.0. The fourth-order valence-corrected chi connectivity index (χ4v) is 8.97. The number of nitrogens with zero attached hydrogens (tertiary/aromatic N) is 3. The van der Waals surface area contributed by atoms with Crippen molar-refractivity contribution in [3.8, 4) is 73.0 Å². The molecule has 2 heterocycles. The van der Waals surface area contributed by atoms with E-state index in [4.69, 9.17) is 9.97 Å². The highest BCUT2D eigenvalue weighted by Gasteiger charge is 2.31. The number of aromatic nitrogens is 3. The third-order valence-corrected chi connectivity index (χ3v) is 11.1. The van der Waals surface area contributed by atoms with Gasteiger partial charge >= 0.3 is 0 Å². The van der Waals surface area contributed by atoms with Gasteiger partial charge in [0.05, 0.1) is 22.4 Å². The summed E-state index contributed by atoms with van der Waals surface area (Å²) < 4.78 is 2.33. The molecule has 51 heavy (non-hydrogen) atoms. The first kappa shape index (κ1) is 27.0. The summed E-state index contributed by atoms with van der Waals surface area (Å²) >= 11 is 0. The van der Waals surface area contributed by atoms with Gasteiger partial charge in [-0.25, -0.2) is 9.97 Å². The van der Waals surface area contributed by atoms with E-state index in [1.807, 2.05) is 0 Å². The van der Waals surface area contributed by atoms with Gasteiger partial charge in [-0.2, -0.15) is 0 Å². The van der Waals surface area contributed by atoms with Gasteiger partial charge in [-0.3, -0.25) is 4.57 Å². The molecule has 234 valence electrons. The molecule has 0 spiro atoms. The van der Waals surface area contributed by atoms with Gasteiger partial charge in [0.15, 0.2) is 0 Å². The van der Waals surface area contributed by atoms with Crippen LogP contribution in [0.5, 0.6) is 0 Å². The lowest BCUT2D eigenvalue weighted by molar-refractivity contribution is 0.999. The Bertz CT molecular complexity index is 3110. The van der Waals surface area contributed by atoms with Gasteiger partial charge in [-0.1, -0.05) is 146 Å². The molecule has 0 radical (unpaired) electrons. The third-order valence-electron chi connectivity index (χ3n) is 11.1. The summed E-state index contributed by atoms with van der Waals surface area (Å²) in [4.78, 5) is 11.1. The molecule has 3 nitrogen and oxygen atoms in total. The van der Waals surface area contributed by atoms with E-state index >= 15 is 0 Å². The Kier molecular flexibility index (Phi) is 5.23. The van der Waals surface area contributed by atoms with Gasteiger partial charge < -0.3 is 0 Å². The van der Waals surface area contributed by atoms with Crippen molar-refractivity contribution in [2.24, 2.45) is 0 Å². The fourth-order valence-electron chi connectivity index (χ4n) is 8.97. The molecule has 0 amide bonds. The molecule has 2 aromatic heterocycles. The van der Waals surface area contributed by atoms with E-state index in [0.717, 1.165) is 39.1 Å². The van der Waals surface area contributed by atoms with E-state index in [9.17, 15) is 0 Å². The Balaban J connectivity index is 1.27. The quantitative estimate of drug-likeness (QED) is 0.191. The molecule has 3 heteroatoms. The molecule has 2 aliphatic rings. The Morgan fingerprint density at radius 2 is 0.863 bits per heavy atom. The van der Waals surface area contributed by atoms with Crippen LogP contribution in [0.4, 0.5) is 0 Å². The Hall–Kier alpha value is -6.84. The number of hydrogen-bond acceptors (Lipinski definition) is 2. The Labute approximate surface area is 293 Å². The standard InChI is InChI=1S/C48H27N3/c1-3-12-28(13-4-1)32-26-38-35-21-8-17-29-16-7-20-33(41(29)35)34-22-11-25-39-43(34)44(38)40(27-32)51(39)48-49-46(31-14-5-2-6-15-31)45-36-23-9-18-30-19-10-24-37(42(30)36)47(45)50-48/h1-27H. The minimum absolute atomic E-state index is 0.679. The summed E-state index contributed by atoms with van der Waals surface area (Å²) in [6.45, 7) is 0. The predicted octanol–water partition coefficient (Wildman–Crippen LogP) is 12.5. The van der Waals surface area contributed by atoms with E-state index in [-0.39, 0.29) is 0 Å². The first-order valence-electron chi connectivity index (χ1n) is 17.5. The van der Waals surface area contributed by atoms with Crippen LogP contribution in [0.3, 0.4) is 0 Å². The zero-order chi connectivity index (χ0) is 33.2. The molecule has 0 unspecified atom stereocenters. The smallest absolute Gasteiger partial charge is 0.235 e. The first-order valence-corrected chi connectivity index (χ1v) is 17.5. The van der Waals surface area contributed by atoms with Crippen LogP contribution in [-0.4, -0.2) is 14.5 Å². The molecule has 8 aromatic carbocycles. The average Bonchev–Trinajstić information content (AvgIpc) is 3.67. The molecule has 0 atom stereocenters. The zero-order valence-electron chi connectivity index (χ0n) is 27.4. The second kappa shape index (κ2) is 9.87. The predicted molar refractivity (Wildman–Crippen MR) is 211 cm³/mol. The van der Waals surface area contributed by atoms with E-state index in [1.54, 1.807) is 0 Å². The number of hydrogen-bond donors (Lipinski definition) is 0. The van der Waals surface area contributed by atoms with Gasteiger partial charge in [0, 0.05) is 27.5 Å². The highest BCUT2D eigenvalue weighted by atomic mass is 15.2. The number of benzene rings is 8. The molecule has 0 saturated carbocycles. The lowest BCUT2D eigenvalue weighted by Crippen LogP contribution is -2.05. The van der Waals surface area contributed by atoms with Gasteiger partial charge in [0.2, 0.25) is 5.95 Å². The third kappa shape index (κ3) is 3.57. The van der Waals surface area contributed by atoms with Crippen LogP contribution in [0.1, 0.15) is 0 Å². The molecule has 12 rings (SSSR count). The summed E-state index contributed by atoms with van der Waals surface area (Å²) in [7, 11) is 0. The molecule has 0 saturated heterocycles. The largest absolute Gasteiger partial charge is 0.278 e. The summed E-state index contributed by atoms with van der Waals surface area (Å²) in [5.74, 6) is 0.679. The minimum Gasteiger partial charge on any atom is -0.278 e. The topological polar surface area (TPSA) is 30.7 Å². The summed E-state index contributed by atoms with van der Waals surface area (Å²) in [6, 6.07) is 59.4. The lowest BCUT2D eigenvalue weighted by Gasteiger charge is -2.16. The molecule has 0 N–H and O–H groups in total.